The fourth-order valence-electron chi connectivity index (χ4n) is 2.43. The lowest BCUT2D eigenvalue weighted by Crippen LogP contribution is -2.12. The topological polar surface area (TPSA) is 134 Å². The van der Waals surface area contributed by atoms with Crippen LogP contribution >= 0.6 is 27.7 Å². The van der Waals surface area contributed by atoms with Gasteiger partial charge in [0.05, 0.1) is 21.7 Å². The zero-order chi connectivity index (χ0) is 21.7. The number of hydrogen-bond donors (Lipinski definition) is 3. The van der Waals surface area contributed by atoms with Crippen LogP contribution in [0.3, 0.4) is 0 Å². The summed E-state index contributed by atoms with van der Waals surface area (Å²) in [5.41, 5.74) is 0.751. The summed E-state index contributed by atoms with van der Waals surface area (Å²) in [5.74, 6) is -0.501. The molecule has 3 aromatic rings. The number of carbonyl (C=O) groups is 2. The van der Waals surface area contributed by atoms with Crippen LogP contribution in [0.1, 0.15) is 10.4 Å². The van der Waals surface area contributed by atoms with Gasteiger partial charge in [-0.3, -0.25) is 25.2 Å². The summed E-state index contributed by atoms with van der Waals surface area (Å²) < 4.78 is 0.683. The first-order valence-electron chi connectivity index (χ1n) is 8.30. The van der Waals surface area contributed by atoms with Gasteiger partial charge in [0.25, 0.3) is 11.6 Å². The van der Waals surface area contributed by atoms with Gasteiger partial charge in [0.1, 0.15) is 0 Å². The SMILES string of the molecule is O=C(O)Nc1ccc(Sc2ccc(C(=O)Nc3cncc(Br)c3)cc2[N+](=O)[O-])cc1. The monoisotopic (exact) mass is 488 g/mol. The molecule has 0 radical (unpaired) electrons. The van der Waals surface area contributed by atoms with Gasteiger partial charge in [-0.1, -0.05) is 11.8 Å². The molecule has 0 spiro atoms. The minimum Gasteiger partial charge on any atom is -0.465 e. The van der Waals surface area contributed by atoms with Crippen molar-refractivity contribution in [2.75, 3.05) is 10.6 Å². The minimum absolute atomic E-state index is 0.132. The van der Waals surface area contributed by atoms with Crippen molar-refractivity contribution in [3.63, 3.8) is 0 Å². The average molecular weight is 489 g/mol. The van der Waals surface area contributed by atoms with E-state index < -0.39 is 16.9 Å². The van der Waals surface area contributed by atoms with Gasteiger partial charge in [-0.15, -0.1) is 0 Å². The third kappa shape index (κ3) is 5.55. The molecule has 1 heterocycles. The second-order valence-electron chi connectivity index (χ2n) is 5.84. The van der Waals surface area contributed by atoms with Crippen molar-refractivity contribution in [2.24, 2.45) is 0 Å². The van der Waals surface area contributed by atoms with Crippen molar-refractivity contribution in [2.45, 2.75) is 9.79 Å². The van der Waals surface area contributed by atoms with Crippen LogP contribution in [0.15, 0.2) is 75.2 Å². The third-order valence-electron chi connectivity index (χ3n) is 3.71. The van der Waals surface area contributed by atoms with Gasteiger partial charge >= 0.3 is 6.09 Å². The number of aromatic nitrogens is 1. The number of pyridine rings is 1. The number of nitro groups is 1. The van der Waals surface area contributed by atoms with E-state index in [2.05, 4.69) is 31.5 Å². The van der Waals surface area contributed by atoms with Gasteiger partial charge in [-0.05, 0) is 58.4 Å². The number of carbonyl (C=O) groups excluding carboxylic acids is 1. The van der Waals surface area contributed by atoms with E-state index in [4.69, 9.17) is 5.11 Å². The highest BCUT2D eigenvalue weighted by atomic mass is 79.9. The molecule has 0 saturated carbocycles. The smallest absolute Gasteiger partial charge is 0.409 e. The van der Waals surface area contributed by atoms with Gasteiger partial charge in [0, 0.05) is 32.9 Å². The fourth-order valence-corrected chi connectivity index (χ4v) is 3.69. The van der Waals surface area contributed by atoms with Crippen LogP contribution in [-0.2, 0) is 0 Å². The lowest BCUT2D eigenvalue weighted by molar-refractivity contribution is -0.387. The van der Waals surface area contributed by atoms with Crippen LogP contribution in [0.25, 0.3) is 0 Å². The molecule has 11 heteroatoms. The Bertz CT molecular complexity index is 1120. The number of halogens is 1. The molecule has 0 aliphatic rings. The average Bonchev–Trinajstić information content (AvgIpc) is 2.69. The molecular weight excluding hydrogens is 476 g/mol. The summed E-state index contributed by atoms with van der Waals surface area (Å²) in [7, 11) is 0. The lowest BCUT2D eigenvalue weighted by Gasteiger charge is -2.08. The van der Waals surface area contributed by atoms with E-state index in [-0.39, 0.29) is 11.3 Å². The number of amides is 2. The number of nitrogens with one attached hydrogen (secondary N) is 2. The van der Waals surface area contributed by atoms with E-state index in [0.29, 0.717) is 25.6 Å². The molecule has 0 bridgehead atoms. The van der Waals surface area contributed by atoms with Crippen LogP contribution in [-0.4, -0.2) is 27.0 Å². The maximum atomic E-state index is 12.5. The number of rotatable bonds is 6. The summed E-state index contributed by atoms with van der Waals surface area (Å²) in [4.78, 5) is 39.1. The molecule has 9 nitrogen and oxygen atoms in total. The zero-order valence-electron chi connectivity index (χ0n) is 15.0. The van der Waals surface area contributed by atoms with Gasteiger partial charge < -0.3 is 10.4 Å². The molecular formula is C19H13BrN4O5S. The normalized spacial score (nSPS) is 10.3. The van der Waals surface area contributed by atoms with Gasteiger partial charge in [-0.25, -0.2) is 4.79 Å². The van der Waals surface area contributed by atoms with E-state index in [1.165, 1.54) is 24.4 Å². The van der Waals surface area contributed by atoms with Crippen molar-refractivity contribution in [1.82, 2.24) is 4.98 Å². The maximum absolute atomic E-state index is 12.5. The van der Waals surface area contributed by atoms with E-state index in [1.54, 1.807) is 36.5 Å². The summed E-state index contributed by atoms with van der Waals surface area (Å²) >= 11 is 4.39. The quantitative estimate of drug-likeness (QED) is 0.318. The Morgan fingerprint density at radius 1 is 1.03 bits per heavy atom. The number of carboxylic acid groups (broad SMARTS) is 1. The van der Waals surface area contributed by atoms with Crippen LogP contribution in [0, 0.1) is 10.1 Å². The number of nitro benzene ring substituents is 1. The zero-order valence-corrected chi connectivity index (χ0v) is 17.4. The maximum Gasteiger partial charge on any atom is 0.409 e. The van der Waals surface area contributed by atoms with E-state index in [9.17, 15) is 19.7 Å². The fraction of sp³-hybridized carbons (Fsp3) is 0. The van der Waals surface area contributed by atoms with Crippen molar-refractivity contribution in [3.8, 4) is 0 Å². The van der Waals surface area contributed by atoms with Crippen LogP contribution in [0.5, 0.6) is 0 Å². The number of anilines is 2. The van der Waals surface area contributed by atoms with Crippen LogP contribution in [0.4, 0.5) is 21.9 Å². The van der Waals surface area contributed by atoms with E-state index in [1.807, 2.05) is 0 Å². The first-order chi connectivity index (χ1) is 14.3. The molecule has 0 aliphatic heterocycles. The molecule has 0 unspecified atom stereocenters. The standard InChI is InChI=1S/C19H13BrN4O5S/c20-12-8-14(10-21-9-12)22-18(25)11-1-6-17(16(7-11)24(28)29)30-15-4-2-13(3-5-15)23-19(26)27/h1-10,23H,(H,22,25)(H,26,27). The molecule has 2 amide bonds. The van der Waals surface area contributed by atoms with Crippen molar-refractivity contribution >= 4 is 56.8 Å². The van der Waals surface area contributed by atoms with Gasteiger partial charge in [0.2, 0.25) is 0 Å². The van der Waals surface area contributed by atoms with Crippen molar-refractivity contribution in [3.05, 3.63) is 81.1 Å². The van der Waals surface area contributed by atoms with Crippen molar-refractivity contribution in [1.29, 1.82) is 0 Å². The third-order valence-corrected chi connectivity index (χ3v) is 5.22. The second kappa shape index (κ2) is 9.37. The Morgan fingerprint density at radius 3 is 2.40 bits per heavy atom. The number of nitrogens with zero attached hydrogens (tertiary/aromatic N) is 2. The number of benzene rings is 2. The summed E-state index contributed by atoms with van der Waals surface area (Å²) in [6.45, 7) is 0. The highest BCUT2D eigenvalue weighted by Gasteiger charge is 2.19. The van der Waals surface area contributed by atoms with E-state index >= 15 is 0 Å². The van der Waals surface area contributed by atoms with Gasteiger partial charge in [-0.2, -0.15) is 0 Å². The summed E-state index contributed by atoms with van der Waals surface area (Å²) in [6, 6.07) is 12.2. The van der Waals surface area contributed by atoms with Crippen molar-refractivity contribution < 1.29 is 19.6 Å². The Kier molecular flexibility index (Phi) is 6.65. The van der Waals surface area contributed by atoms with E-state index in [0.717, 1.165) is 11.8 Å². The molecule has 0 fully saturated rings. The molecule has 30 heavy (non-hydrogen) atoms. The summed E-state index contributed by atoms with van der Waals surface area (Å²) in [5, 5.41) is 25.1. The second-order valence-corrected chi connectivity index (χ2v) is 7.87. The highest BCUT2D eigenvalue weighted by Crippen LogP contribution is 2.36. The predicted octanol–water partition coefficient (Wildman–Crippen LogP) is 5.25. The molecule has 3 N–H and O–H groups in total. The largest absolute Gasteiger partial charge is 0.465 e. The lowest BCUT2D eigenvalue weighted by atomic mass is 10.2. The molecule has 0 saturated heterocycles. The minimum atomic E-state index is -1.18. The predicted molar refractivity (Wildman–Crippen MR) is 115 cm³/mol. The highest BCUT2D eigenvalue weighted by molar-refractivity contribution is 9.10. The molecule has 0 atom stereocenters. The number of hydrogen-bond acceptors (Lipinski definition) is 6. The molecule has 2 aromatic carbocycles. The molecule has 0 aliphatic carbocycles. The summed E-state index contributed by atoms with van der Waals surface area (Å²) in [6.07, 6.45) is 1.85. The molecule has 152 valence electrons. The first-order valence-corrected chi connectivity index (χ1v) is 9.91. The first kappa shape index (κ1) is 21.3. The van der Waals surface area contributed by atoms with Gasteiger partial charge in [0.15, 0.2) is 0 Å². The Hall–Kier alpha value is -3.44. The van der Waals surface area contributed by atoms with Crippen LogP contribution in [0.2, 0.25) is 0 Å². The Morgan fingerprint density at radius 2 is 1.77 bits per heavy atom. The molecule has 1 aromatic heterocycles. The van der Waals surface area contributed by atoms with Crippen LogP contribution < -0.4 is 10.6 Å². The Labute approximate surface area is 182 Å². The molecule has 3 rings (SSSR count). The Balaban J connectivity index is 1.80.